The molecular formula is C18H15NO3. The summed E-state index contributed by atoms with van der Waals surface area (Å²) in [4.78, 5) is 12.1. The molecule has 0 bridgehead atoms. The van der Waals surface area contributed by atoms with Gasteiger partial charge in [-0.1, -0.05) is 30.4 Å². The Kier molecular flexibility index (Phi) is 3.66. The summed E-state index contributed by atoms with van der Waals surface area (Å²) < 4.78 is 0. The molecule has 1 aromatic rings. The Morgan fingerprint density at radius 3 is 2.91 bits per heavy atom. The largest absolute Gasteiger partial charge is 0.508 e. The van der Waals surface area contributed by atoms with E-state index in [0.29, 0.717) is 0 Å². The van der Waals surface area contributed by atoms with Crippen molar-refractivity contribution in [3.63, 3.8) is 0 Å². The first-order valence-electron chi connectivity index (χ1n) is 6.91. The van der Waals surface area contributed by atoms with Gasteiger partial charge in [-0.25, -0.2) is 0 Å². The van der Waals surface area contributed by atoms with Gasteiger partial charge in [0.2, 0.25) is 0 Å². The Hall–Kier alpha value is -3.01. The molecule has 4 heteroatoms. The van der Waals surface area contributed by atoms with Gasteiger partial charge in [-0.05, 0) is 42.0 Å². The van der Waals surface area contributed by atoms with Crippen LogP contribution in [0.5, 0.6) is 11.5 Å². The highest BCUT2D eigenvalue weighted by atomic mass is 16.3. The molecule has 110 valence electrons. The van der Waals surface area contributed by atoms with Crippen molar-refractivity contribution in [1.29, 1.82) is 0 Å². The van der Waals surface area contributed by atoms with E-state index in [1.807, 2.05) is 36.5 Å². The maximum atomic E-state index is 12.1. The van der Waals surface area contributed by atoms with E-state index in [-0.39, 0.29) is 28.9 Å². The third-order valence-electron chi connectivity index (χ3n) is 3.50. The van der Waals surface area contributed by atoms with E-state index < -0.39 is 0 Å². The summed E-state index contributed by atoms with van der Waals surface area (Å²) in [6.45, 7) is 0. The van der Waals surface area contributed by atoms with Crippen LogP contribution in [0.1, 0.15) is 10.4 Å². The van der Waals surface area contributed by atoms with Crippen LogP contribution in [-0.4, -0.2) is 22.0 Å². The van der Waals surface area contributed by atoms with Gasteiger partial charge in [0.05, 0.1) is 11.6 Å². The second-order valence-electron chi connectivity index (χ2n) is 5.05. The third-order valence-corrected chi connectivity index (χ3v) is 3.50. The van der Waals surface area contributed by atoms with E-state index >= 15 is 0 Å². The zero-order valence-electron chi connectivity index (χ0n) is 11.7. The van der Waals surface area contributed by atoms with Crippen molar-refractivity contribution in [2.24, 2.45) is 0 Å². The van der Waals surface area contributed by atoms with E-state index in [1.54, 1.807) is 6.08 Å². The van der Waals surface area contributed by atoms with Crippen LogP contribution in [0.15, 0.2) is 78.1 Å². The van der Waals surface area contributed by atoms with Crippen LogP contribution in [0.25, 0.3) is 0 Å². The standard InChI is InChI=1S/C18H15NO3/c20-14-8-10-18(22)15(11-14)17(21)9-7-13-6-5-12-3-1-2-4-16(12)19-13/h1-11,16,19-20,22H/b9-7+. The number of fused-ring (bicyclic) bond motifs is 1. The Bertz CT molecular complexity index is 767. The number of allylic oxidation sites excluding steroid dienone is 6. The molecule has 0 aromatic heterocycles. The van der Waals surface area contributed by atoms with Gasteiger partial charge in [0.15, 0.2) is 5.78 Å². The van der Waals surface area contributed by atoms with Gasteiger partial charge in [-0.15, -0.1) is 0 Å². The van der Waals surface area contributed by atoms with E-state index in [2.05, 4.69) is 5.32 Å². The summed E-state index contributed by atoms with van der Waals surface area (Å²) >= 11 is 0. The summed E-state index contributed by atoms with van der Waals surface area (Å²) in [6.07, 6.45) is 14.9. The smallest absolute Gasteiger partial charge is 0.189 e. The zero-order valence-corrected chi connectivity index (χ0v) is 11.7. The van der Waals surface area contributed by atoms with Crippen molar-refractivity contribution >= 4 is 5.78 Å². The number of nitrogens with one attached hydrogen (secondary N) is 1. The van der Waals surface area contributed by atoms with Crippen molar-refractivity contribution in [2.75, 3.05) is 0 Å². The van der Waals surface area contributed by atoms with E-state index in [4.69, 9.17) is 0 Å². The number of hydrogen-bond donors (Lipinski definition) is 3. The summed E-state index contributed by atoms with van der Waals surface area (Å²) in [5.41, 5.74) is 2.04. The van der Waals surface area contributed by atoms with Crippen LogP contribution in [0.3, 0.4) is 0 Å². The maximum absolute atomic E-state index is 12.1. The van der Waals surface area contributed by atoms with Crippen molar-refractivity contribution < 1.29 is 15.0 Å². The quantitative estimate of drug-likeness (QED) is 0.455. The minimum absolute atomic E-state index is 0.0590. The monoisotopic (exact) mass is 293 g/mol. The van der Waals surface area contributed by atoms with Crippen LogP contribution in [0.4, 0.5) is 0 Å². The Morgan fingerprint density at radius 2 is 2.05 bits per heavy atom. The molecule has 1 atom stereocenters. The molecule has 0 saturated carbocycles. The minimum atomic E-state index is -0.370. The SMILES string of the molecule is O=C(/C=C/C1=CC=C2C=CC=CC2N1)c1cc(O)ccc1O. The fourth-order valence-electron chi connectivity index (χ4n) is 2.34. The summed E-state index contributed by atoms with van der Waals surface area (Å²) in [5, 5.41) is 22.4. The van der Waals surface area contributed by atoms with Gasteiger partial charge in [0.1, 0.15) is 11.5 Å². The van der Waals surface area contributed by atoms with Gasteiger partial charge < -0.3 is 15.5 Å². The first-order chi connectivity index (χ1) is 10.6. The van der Waals surface area contributed by atoms with Gasteiger partial charge >= 0.3 is 0 Å². The molecule has 2 aliphatic rings. The number of phenolic OH excluding ortho intramolecular Hbond substituents is 2. The number of carbonyl (C=O) groups excluding carboxylic acids is 1. The number of dihydropyridines is 1. The van der Waals surface area contributed by atoms with Crippen LogP contribution < -0.4 is 5.32 Å². The number of rotatable bonds is 3. The first-order valence-corrected chi connectivity index (χ1v) is 6.91. The molecule has 1 unspecified atom stereocenters. The van der Waals surface area contributed by atoms with E-state index in [0.717, 1.165) is 11.3 Å². The van der Waals surface area contributed by atoms with Gasteiger partial charge in [-0.2, -0.15) is 0 Å². The second-order valence-corrected chi connectivity index (χ2v) is 5.05. The molecule has 1 heterocycles. The molecule has 1 aromatic carbocycles. The Balaban J connectivity index is 1.77. The number of ketones is 1. The third kappa shape index (κ3) is 2.86. The van der Waals surface area contributed by atoms with E-state index in [9.17, 15) is 15.0 Å². The number of carbonyl (C=O) groups is 1. The minimum Gasteiger partial charge on any atom is -0.508 e. The van der Waals surface area contributed by atoms with Crippen LogP contribution in [0.2, 0.25) is 0 Å². The van der Waals surface area contributed by atoms with Crippen molar-refractivity contribution in [3.05, 3.63) is 83.6 Å². The molecule has 1 aliphatic carbocycles. The summed E-state index contributed by atoms with van der Waals surface area (Å²) in [5.74, 6) is -0.582. The maximum Gasteiger partial charge on any atom is 0.189 e. The summed E-state index contributed by atoms with van der Waals surface area (Å²) in [6, 6.07) is 3.98. The Labute approximate surface area is 128 Å². The molecule has 3 N–H and O–H groups in total. The lowest BCUT2D eigenvalue weighted by atomic mass is 9.98. The molecule has 1 aliphatic heterocycles. The topological polar surface area (TPSA) is 69.6 Å². The van der Waals surface area contributed by atoms with Crippen LogP contribution in [0, 0.1) is 0 Å². The molecule has 22 heavy (non-hydrogen) atoms. The highest BCUT2D eigenvalue weighted by molar-refractivity contribution is 6.06. The first kappa shape index (κ1) is 13.9. The fraction of sp³-hybridized carbons (Fsp3) is 0.0556. The molecule has 4 nitrogen and oxygen atoms in total. The number of hydrogen-bond acceptors (Lipinski definition) is 4. The highest BCUT2D eigenvalue weighted by Gasteiger charge is 2.14. The van der Waals surface area contributed by atoms with E-state index in [1.165, 1.54) is 24.3 Å². The number of aromatic hydroxyl groups is 2. The normalized spacial score (nSPS) is 19.4. The average molecular weight is 293 g/mol. The van der Waals surface area contributed by atoms with Crippen molar-refractivity contribution in [3.8, 4) is 11.5 Å². The van der Waals surface area contributed by atoms with Crippen LogP contribution in [-0.2, 0) is 0 Å². The molecule has 3 rings (SSSR count). The zero-order chi connectivity index (χ0) is 15.5. The molecular weight excluding hydrogens is 278 g/mol. The van der Waals surface area contributed by atoms with Crippen molar-refractivity contribution in [2.45, 2.75) is 6.04 Å². The lowest BCUT2D eigenvalue weighted by molar-refractivity contribution is 0.104. The predicted octanol–water partition coefficient (Wildman–Crippen LogP) is 2.74. The molecule has 0 fully saturated rings. The average Bonchev–Trinajstić information content (AvgIpc) is 2.54. The lowest BCUT2D eigenvalue weighted by Gasteiger charge is -2.23. The predicted molar refractivity (Wildman–Crippen MR) is 84.6 cm³/mol. The molecule has 0 amide bonds. The Morgan fingerprint density at radius 1 is 1.18 bits per heavy atom. The van der Waals surface area contributed by atoms with Gasteiger partial charge in [-0.3, -0.25) is 4.79 Å². The van der Waals surface area contributed by atoms with Crippen LogP contribution >= 0.6 is 0 Å². The summed E-state index contributed by atoms with van der Waals surface area (Å²) in [7, 11) is 0. The molecule has 0 spiro atoms. The molecule has 0 radical (unpaired) electrons. The second kappa shape index (κ2) is 5.77. The van der Waals surface area contributed by atoms with Gasteiger partial charge in [0.25, 0.3) is 0 Å². The number of benzene rings is 1. The fourth-order valence-corrected chi connectivity index (χ4v) is 2.34. The van der Waals surface area contributed by atoms with Crippen molar-refractivity contribution in [1.82, 2.24) is 5.32 Å². The van der Waals surface area contributed by atoms with Gasteiger partial charge in [0, 0.05) is 5.70 Å². The highest BCUT2D eigenvalue weighted by Crippen LogP contribution is 2.23. The lowest BCUT2D eigenvalue weighted by Crippen LogP contribution is -2.30. The number of phenols is 2. The molecule has 0 saturated heterocycles.